The molecular weight excluding hydrogens is 286 g/mol. The smallest absolute Gasteiger partial charge is 0.307 e. The minimum absolute atomic E-state index is 0.0348. The molecule has 1 aromatic carbocycles. The van der Waals surface area contributed by atoms with Gasteiger partial charge in [-0.25, -0.2) is 0 Å². The van der Waals surface area contributed by atoms with E-state index >= 15 is 0 Å². The Morgan fingerprint density at radius 3 is 2.43 bits per heavy atom. The number of carboxylic acid groups (broad SMARTS) is 1. The predicted molar refractivity (Wildman–Crippen MR) is 83.5 cm³/mol. The van der Waals surface area contributed by atoms with E-state index in [2.05, 4.69) is 5.32 Å². The summed E-state index contributed by atoms with van der Waals surface area (Å²) in [5.41, 5.74) is 0.776. The van der Waals surface area contributed by atoms with Crippen molar-refractivity contribution in [1.82, 2.24) is 5.32 Å². The topological polar surface area (TPSA) is 66.4 Å². The highest BCUT2D eigenvalue weighted by Gasteiger charge is 2.15. The van der Waals surface area contributed by atoms with Crippen molar-refractivity contribution in [2.75, 3.05) is 5.75 Å². The van der Waals surface area contributed by atoms with Gasteiger partial charge in [-0.05, 0) is 30.5 Å². The molecule has 0 unspecified atom stereocenters. The molecule has 0 spiro atoms. The molecule has 1 aromatic rings. The van der Waals surface area contributed by atoms with Crippen LogP contribution in [0.3, 0.4) is 0 Å². The van der Waals surface area contributed by atoms with Gasteiger partial charge in [0.25, 0.3) is 0 Å². The minimum atomic E-state index is -0.831. The number of nitrogens with one attached hydrogen (secondary N) is 1. The number of hydrogen-bond donors (Lipinski definition) is 2. The molecule has 0 radical (unpaired) electrons. The SMILES string of the molecule is O=C(O)Cc1ccc(SCC(=O)NC2CCCCC2)cc1. The van der Waals surface area contributed by atoms with Crippen LogP contribution in [0.15, 0.2) is 29.2 Å². The first-order valence-electron chi connectivity index (χ1n) is 7.36. The molecule has 5 heteroatoms. The first kappa shape index (κ1) is 15.9. The van der Waals surface area contributed by atoms with Crippen molar-refractivity contribution >= 4 is 23.6 Å². The number of benzene rings is 1. The van der Waals surface area contributed by atoms with Crippen LogP contribution in [0.5, 0.6) is 0 Å². The zero-order valence-electron chi connectivity index (χ0n) is 12.0. The van der Waals surface area contributed by atoms with Crippen molar-refractivity contribution < 1.29 is 14.7 Å². The molecule has 1 fully saturated rings. The van der Waals surface area contributed by atoms with Crippen LogP contribution in [0.4, 0.5) is 0 Å². The van der Waals surface area contributed by atoms with Crippen LogP contribution < -0.4 is 5.32 Å². The minimum Gasteiger partial charge on any atom is -0.481 e. The van der Waals surface area contributed by atoms with E-state index in [1.54, 1.807) is 12.1 Å². The molecule has 114 valence electrons. The molecule has 0 heterocycles. The maximum absolute atomic E-state index is 11.9. The molecule has 1 amide bonds. The number of amides is 1. The van der Waals surface area contributed by atoms with Gasteiger partial charge in [0.2, 0.25) is 5.91 Å². The second kappa shape index (κ2) is 8.08. The normalized spacial score (nSPS) is 15.6. The molecule has 2 N–H and O–H groups in total. The van der Waals surface area contributed by atoms with Gasteiger partial charge in [0, 0.05) is 10.9 Å². The third kappa shape index (κ3) is 5.79. The summed E-state index contributed by atoms with van der Waals surface area (Å²) in [5, 5.41) is 11.8. The molecule has 0 atom stereocenters. The van der Waals surface area contributed by atoms with E-state index in [1.807, 2.05) is 12.1 Å². The van der Waals surface area contributed by atoms with E-state index < -0.39 is 5.97 Å². The van der Waals surface area contributed by atoms with Crippen LogP contribution in [-0.2, 0) is 16.0 Å². The molecule has 0 saturated heterocycles. The zero-order chi connectivity index (χ0) is 15.1. The summed E-state index contributed by atoms with van der Waals surface area (Å²) in [6.07, 6.45) is 5.93. The van der Waals surface area contributed by atoms with Crippen molar-refractivity contribution in [2.45, 2.75) is 49.5 Å². The van der Waals surface area contributed by atoms with Crippen LogP contribution in [0.25, 0.3) is 0 Å². The fourth-order valence-electron chi connectivity index (χ4n) is 2.54. The Balaban J connectivity index is 1.74. The van der Waals surface area contributed by atoms with Crippen molar-refractivity contribution in [3.05, 3.63) is 29.8 Å². The summed E-state index contributed by atoms with van der Waals surface area (Å²) in [5.74, 6) is -0.335. The first-order chi connectivity index (χ1) is 10.1. The highest BCUT2D eigenvalue weighted by Crippen LogP contribution is 2.20. The maximum Gasteiger partial charge on any atom is 0.307 e. The molecule has 0 aromatic heterocycles. The highest BCUT2D eigenvalue weighted by atomic mass is 32.2. The summed E-state index contributed by atoms with van der Waals surface area (Å²) < 4.78 is 0. The Labute approximate surface area is 129 Å². The Kier molecular flexibility index (Phi) is 6.11. The number of hydrogen-bond acceptors (Lipinski definition) is 3. The summed E-state index contributed by atoms with van der Waals surface area (Å²) >= 11 is 1.49. The molecule has 2 rings (SSSR count). The molecule has 21 heavy (non-hydrogen) atoms. The number of aliphatic carboxylic acids is 1. The van der Waals surface area contributed by atoms with Crippen molar-refractivity contribution in [1.29, 1.82) is 0 Å². The lowest BCUT2D eigenvalue weighted by molar-refractivity contribution is -0.136. The fraction of sp³-hybridized carbons (Fsp3) is 0.500. The number of carbonyl (C=O) groups is 2. The second-order valence-corrected chi connectivity index (χ2v) is 6.45. The zero-order valence-corrected chi connectivity index (χ0v) is 12.8. The first-order valence-corrected chi connectivity index (χ1v) is 8.35. The lowest BCUT2D eigenvalue weighted by atomic mass is 9.95. The highest BCUT2D eigenvalue weighted by molar-refractivity contribution is 8.00. The molecular formula is C16H21NO3S. The number of carboxylic acids is 1. The van der Waals surface area contributed by atoms with Gasteiger partial charge in [-0.2, -0.15) is 0 Å². The summed E-state index contributed by atoms with van der Waals surface area (Å²) in [4.78, 5) is 23.5. The average Bonchev–Trinajstić information content (AvgIpc) is 2.47. The largest absolute Gasteiger partial charge is 0.481 e. The maximum atomic E-state index is 11.9. The predicted octanol–water partition coefficient (Wildman–Crippen LogP) is 2.85. The van der Waals surface area contributed by atoms with Crippen LogP contribution in [0.1, 0.15) is 37.7 Å². The number of carbonyl (C=O) groups excluding carboxylic acids is 1. The fourth-order valence-corrected chi connectivity index (χ4v) is 3.25. The summed E-state index contributed by atoms with van der Waals surface area (Å²) in [6.45, 7) is 0. The second-order valence-electron chi connectivity index (χ2n) is 5.41. The van der Waals surface area contributed by atoms with Gasteiger partial charge in [0.05, 0.1) is 12.2 Å². The Hall–Kier alpha value is -1.49. The third-order valence-corrected chi connectivity index (χ3v) is 4.63. The molecule has 0 aliphatic heterocycles. The van der Waals surface area contributed by atoms with Gasteiger partial charge in [-0.3, -0.25) is 9.59 Å². The molecule has 1 saturated carbocycles. The van der Waals surface area contributed by atoms with Gasteiger partial charge in [0.15, 0.2) is 0 Å². The molecule has 1 aliphatic rings. The van der Waals surface area contributed by atoms with E-state index in [0.717, 1.165) is 23.3 Å². The van der Waals surface area contributed by atoms with E-state index in [9.17, 15) is 9.59 Å². The Bertz CT molecular complexity index is 481. The lowest BCUT2D eigenvalue weighted by Crippen LogP contribution is -2.37. The summed E-state index contributed by atoms with van der Waals surface area (Å²) in [7, 11) is 0. The summed E-state index contributed by atoms with van der Waals surface area (Å²) in [6, 6.07) is 7.70. The Morgan fingerprint density at radius 2 is 1.81 bits per heavy atom. The standard InChI is InChI=1S/C16H21NO3S/c18-15(17-13-4-2-1-3-5-13)11-21-14-8-6-12(7-9-14)10-16(19)20/h6-9,13H,1-5,10-11H2,(H,17,18)(H,19,20). The van der Waals surface area contributed by atoms with Gasteiger partial charge in [-0.15, -0.1) is 11.8 Å². The molecule has 4 nitrogen and oxygen atoms in total. The van der Waals surface area contributed by atoms with E-state index in [0.29, 0.717) is 11.8 Å². The molecule has 1 aliphatic carbocycles. The number of rotatable bonds is 6. The third-order valence-electron chi connectivity index (χ3n) is 3.62. The number of thioether (sulfide) groups is 1. The van der Waals surface area contributed by atoms with Crippen LogP contribution in [0.2, 0.25) is 0 Å². The average molecular weight is 307 g/mol. The lowest BCUT2D eigenvalue weighted by Gasteiger charge is -2.22. The van der Waals surface area contributed by atoms with Gasteiger partial charge in [0.1, 0.15) is 0 Å². The monoisotopic (exact) mass is 307 g/mol. The quantitative estimate of drug-likeness (QED) is 0.793. The molecule has 0 bridgehead atoms. The van der Waals surface area contributed by atoms with Gasteiger partial charge in [-0.1, -0.05) is 31.4 Å². The van der Waals surface area contributed by atoms with Gasteiger partial charge >= 0.3 is 5.97 Å². The van der Waals surface area contributed by atoms with Crippen LogP contribution >= 0.6 is 11.8 Å². The Morgan fingerprint density at radius 1 is 1.14 bits per heavy atom. The van der Waals surface area contributed by atoms with E-state index in [-0.39, 0.29) is 12.3 Å². The van der Waals surface area contributed by atoms with Crippen LogP contribution in [-0.4, -0.2) is 28.8 Å². The van der Waals surface area contributed by atoms with E-state index in [1.165, 1.54) is 31.0 Å². The van der Waals surface area contributed by atoms with Gasteiger partial charge < -0.3 is 10.4 Å². The van der Waals surface area contributed by atoms with Crippen LogP contribution in [0, 0.1) is 0 Å². The van der Waals surface area contributed by atoms with Crippen molar-refractivity contribution in [3.8, 4) is 0 Å². The van der Waals surface area contributed by atoms with Crippen molar-refractivity contribution in [2.24, 2.45) is 0 Å². The van der Waals surface area contributed by atoms with Crippen molar-refractivity contribution in [3.63, 3.8) is 0 Å². The van der Waals surface area contributed by atoms with E-state index in [4.69, 9.17) is 5.11 Å².